The molecule has 1 unspecified atom stereocenters. The van der Waals surface area contributed by atoms with E-state index in [2.05, 4.69) is 5.32 Å². The molecular weight excluding hydrogens is 294 g/mol. The quantitative estimate of drug-likeness (QED) is 0.839. The zero-order chi connectivity index (χ0) is 17.7. The van der Waals surface area contributed by atoms with Crippen LogP contribution in [0.2, 0.25) is 0 Å². The lowest BCUT2D eigenvalue weighted by atomic mass is 9.74. The van der Waals surface area contributed by atoms with Crippen molar-refractivity contribution in [3.8, 4) is 0 Å². The fourth-order valence-electron chi connectivity index (χ4n) is 2.57. The SMILES string of the molecule is CC(C)CC(CNC(=O)OC(C)(C)C)(C(=O)O)c1ccccc1. The minimum absolute atomic E-state index is 0.0144. The molecule has 1 amide bonds. The lowest BCUT2D eigenvalue weighted by molar-refractivity contribution is -0.144. The van der Waals surface area contributed by atoms with Crippen LogP contribution in [0.15, 0.2) is 30.3 Å². The summed E-state index contributed by atoms with van der Waals surface area (Å²) in [6, 6.07) is 9.02. The van der Waals surface area contributed by atoms with Crippen molar-refractivity contribution >= 4 is 12.1 Å². The molecule has 0 saturated heterocycles. The maximum absolute atomic E-state index is 12.1. The average molecular weight is 321 g/mol. The number of amides is 1. The molecular formula is C18H27NO4. The first-order valence-corrected chi connectivity index (χ1v) is 7.82. The molecule has 128 valence electrons. The van der Waals surface area contributed by atoms with E-state index in [0.717, 1.165) is 0 Å². The third-order valence-electron chi connectivity index (χ3n) is 3.43. The molecule has 0 aliphatic carbocycles. The summed E-state index contributed by atoms with van der Waals surface area (Å²) in [5, 5.41) is 12.5. The normalized spacial score (nSPS) is 14.2. The van der Waals surface area contributed by atoms with E-state index in [9.17, 15) is 14.7 Å². The lowest BCUT2D eigenvalue weighted by Crippen LogP contribution is -2.48. The molecule has 1 aromatic carbocycles. The summed E-state index contributed by atoms with van der Waals surface area (Å²) in [6.45, 7) is 9.22. The summed E-state index contributed by atoms with van der Waals surface area (Å²) in [5.74, 6) is -0.791. The van der Waals surface area contributed by atoms with Crippen LogP contribution in [0.5, 0.6) is 0 Å². The Labute approximate surface area is 138 Å². The van der Waals surface area contributed by atoms with Crippen LogP contribution in [0.3, 0.4) is 0 Å². The van der Waals surface area contributed by atoms with Crippen LogP contribution in [-0.2, 0) is 14.9 Å². The van der Waals surface area contributed by atoms with Gasteiger partial charge in [-0.2, -0.15) is 0 Å². The van der Waals surface area contributed by atoms with E-state index >= 15 is 0 Å². The van der Waals surface area contributed by atoms with Crippen molar-refractivity contribution in [2.75, 3.05) is 6.54 Å². The summed E-state index contributed by atoms with van der Waals surface area (Å²) in [5.41, 5.74) is -1.12. The number of nitrogens with one attached hydrogen (secondary N) is 1. The Bertz CT molecular complexity index is 534. The van der Waals surface area contributed by atoms with Crippen LogP contribution in [0.25, 0.3) is 0 Å². The number of hydrogen-bond donors (Lipinski definition) is 2. The number of benzene rings is 1. The van der Waals surface area contributed by atoms with Crippen LogP contribution in [0.4, 0.5) is 4.79 Å². The Balaban J connectivity index is 3.05. The topological polar surface area (TPSA) is 75.6 Å². The van der Waals surface area contributed by atoms with Crippen LogP contribution >= 0.6 is 0 Å². The first kappa shape index (κ1) is 19.0. The minimum atomic E-state index is -1.17. The van der Waals surface area contributed by atoms with Gasteiger partial charge in [0.2, 0.25) is 0 Å². The molecule has 5 nitrogen and oxygen atoms in total. The van der Waals surface area contributed by atoms with E-state index in [1.807, 2.05) is 19.9 Å². The third-order valence-corrected chi connectivity index (χ3v) is 3.43. The van der Waals surface area contributed by atoms with Gasteiger partial charge in [-0.3, -0.25) is 4.79 Å². The number of ether oxygens (including phenoxy) is 1. The molecule has 0 saturated carbocycles. The highest BCUT2D eigenvalue weighted by atomic mass is 16.6. The molecule has 0 aromatic heterocycles. The van der Waals surface area contributed by atoms with Crippen molar-refractivity contribution in [2.45, 2.75) is 52.1 Å². The molecule has 0 fully saturated rings. The molecule has 0 spiro atoms. The molecule has 0 bridgehead atoms. The van der Waals surface area contributed by atoms with E-state index in [0.29, 0.717) is 12.0 Å². The minimum Gasteiger partial charge on any atom is -0.481 e. The summed E-state index contributed by atoms with van der Waals surface area (Å²) in [6.07, 6.45) is -0.190. The zero-order valence-corrected chi connectivity index (χ0v) is 14.6. The average Bonchev–Trinajstić information content (AvgIpc) is 2.42. The van der Waals surface area contributed by atoms with Gasteiger partial charge in [0.1, 0.15) is 11.0 Å². The first-order valence-electron chi connectivity index (χ1n) is 7.82. The maximum atomic E-state index is 12.1. The fourth-order valence-corrected chi connectivity index (χ4v) is 2.57. The molecule has 2 N–H and O–H groups in total. The van der Waals surface area contributed by atoms with E-state index in [1.54, 1.807) is 45.0 Å². The van der Waals surface area contributed by atoms with Gasteiger partial charge in [-0.05, 0) is 38.7 Å². The predicted octanol–water partition coefficient (Wildman–Crippen LogP) is 3.58. The fraction of sp³-hybridized carbons (Fsp3) is 0.556. The number of aliphatic carboxylic acids is 1. The molecule has 1 aromatic rings. The number of carbonyl (C=O) groups is 2. The number of alkyl carbamates (subject to hydrolysis) is 1. The number of carbonyl (C=O) groups excluding carboxylic acids is 1. The van der Waals surface area contributed by atoms with Crippen LogP contribution in [0.1, 0.15) is 46.6 Å². The van der Waals surface area contributed by atoms with E-state index < -0.39 is 23.1 Å². The lowest BCUT2D eigenvalue weighted by Gasteiger charge is -2.32. The van der Waals surface area contributed by atoms with Gasteiger partial charge in [0.15, 0.2) is 0 Å². The maximum Gasteiger partial charge on any atom is 0.407 e. The van der Waals surface area contributed by atoms with Gasteiger partial charge in [-0.1, -0.05) is 44.2 Å². The molecule has 1 rings (SSSR count). The first-order chi connectivity index (χ1) is 10.6. The molecule has 5 heteroatoms. The second-order valence-corrected chi connectivity index (χ2v) is 7.21. The van der Waals surface area contributed by atoms with Crippen LogP contribution in [0, 0.1) is 5.92 Å². The Kier molecular flexibility index (Phi) is 6.19. The van der Waals surface area contributed by atoms with Crippen molar-refractivity contribution < 1.29 is 19.4 Å². The Morgan fingerprint density at radius 2 is 1.74 bits per heavy atom. The highest BCUT2D eigenvalue weighted by Gasteiger charge is 2.41. The molecule has 1 atom stereocenters. The van der Waals surface area contributed by atoms with Gasteiger partial charge in [0.05, 0.1) is 0 Å². The Morgan fingerprint density at radius 1 is 1.17 bits per heavy atom. The van der Waals surface area contributed by atoms with E-state index in [1.165, 1.54) is 0 Å². The third kappa shape index (κ3) is 5.58. The highest BCUT2D eigenvalue weighted by molar-refractivity contribution is 5.82. The smallest absolute Gasteiger partial charge is 0.407 e. The van der Waals surface area contributed by atoms with Crippen LogP contribution in [-0.4, -0.2) is 29.3 Å². The molecule has 23 heavy (non-hydrogen) atoms. The number of rotatable bonds is 6. The van der Waals surface area contributed by atoms with E-state index in [-0.39, 0.29) is 12.5 Å². The molecule has 0 heterocycles. The second kappa shape index (κ2) is 7.49. The van der Waals surface area contributed by atoms with Gasteiger partial charge in [0.25, 0.3) is 0 Å². The number of carboxylic acid groups (broad SMARTS) is 1. The van der Waals surface area contributed by atoms with Gasteiger partial charge in [-0.25, -0.2) is 4.79 Å². The Morgan fingerprint density at radius 3 is 2.17 bits per heavy atom. The summed E-state index contributed by atoms with van der Waals surface area (Å²) in [7, 11) is 0. The molecule has 0 aliphatic rings. The van der Waals surface area contributed by atoms with E-state index in [4.69, 9.17) is 4.74 Å². The molecule has 0 aliphatic heterocycles. The Hall–Kier alpha value is -2.04. The van der Waals surface area contributed by atoms with Crippen molar-refractivity contribution in [2.24, 2.45) is 5.92 Å². The van der Waals surface area contributed by atoms with Gasteiger partial charge in [-0.15, -0.1) is 0 Å². The standard InChI is InChI=1S/C18H27NO4/c1-13(2)11-18(15(20)21,14-9-7-6-8-10-14)12-19-16(22)23-17(3,4)5/h6-10,13H,11-12H2,1-5H3,(H,19,22)(H,20,21). The van der Waals surface area contributed by atoms with Gasteiger partial charge in [0, 0.05) is 6.54 Å². The van der Waals surface area contributed by atoms with Crippen LogP contribution < -0.4 is 5.32 Å². The summed E-state index contributed by atoms with van der Waals surface area (Å²) >= 11 is 0. The number of hydrogen-bond acceptors (Lipinski definition) is 3. The van der Waals surface area contributed by atoms with Crippen molar-refractivity contribution in [1.29, 1.82) is 0 Å². The second-order valence-electron chi connectivity index (χ2n) is 7.21. The monoisotopic (exact) mass is 321 g/mol. The van der Waals surface area contributed by atoms with Crippen molar-refractivity contribution in [3.63, 3.8) is 0 Å². The predicted molar refractivity (Wildman–Crippen MR) is 89.4 cm³/mol. The highest BCUT2D eigenvalue weighted by Crippen LogP contribution is 2.31. The summed E-state index contributed by atoms with van der Waals surface area (Å²) in [4.78, 5) is 24.0. The molecule has 0 radical (unpaired) electrons. The van der Waals surface area contributed by atoms with Gasteiger partial charge < -0.3 is 15.2 Å². The largest absolute Gasteiger partial charge is 0.481 e. The van der Waals surface area contributed by atoms with Crippen molar-refractivity contribution in [1.82, 2.24) is 5.32 Å². The summed E-state index contributed by atoms with van der Waals surface area (Å²) < 4.78 is 5.21. The number of carboxylic acids is 1. The van der Waals surface area contributed by atoms with Gasteiger partial charge >= 0.3 is 12.1 Å². The zero-order valence-electron chi connectivity index (χ0n) is 14.6. The van der Waals surface area contributed by atoms with Crippen molar-refractivity contribution in [3.05, 3.63) is 35.9 Å².